The summed E-state index contributed by atoms with van der Waals surface area (Å²) in [5.74, 6) is 0.0937. The maximum absolute atomic E-state index is 12.6. The number of rotatable bonds is 4. The van der Waals surface area contributed by atoms with Crippen molar-refractivity contribution in [1.29, 1.82) is 0 Å². The summed E-state index contributed by atoms with van der Waals surface area (Å²) in [5, 5.41) is 3.08. The van der Waals surface area contributed by atoms with Crippen molar-refractivity contribution in [3.8, 4) is 0 Å². The van der Waals surface area contributed by atoms with E-state index in [2.05, 4.69) is 5.32 Å². The van der Waals surface area contributed by atoms with E-state index in [1.54, 1.807) is 11.8 Å². The second kappa shape index (κ2) is 6.44. The lowest BCUT2D eigenvalue weighted by molar-refractivity contribution is -0.126. The topological polar surface area (TPSA) is 55.1 Å². The van der Waals surface area contributed by atoms with Gasteiger partial charge in [0.1, 0.15) is 0 Å². The van der Waals surface area contributed by atoms with Crippen LogP contribution in [0.4, 0.5) is 5.69 Å². The first-order chi connectivity index (χ1) is 9.22. The van der Waals surface area contributed by atoms with Gasteiger partial charge in [0.15, 0.2) is 0 Å². The summed E-state index contributed by atoms with van der Waals surface area (Å²) in [7, 11) is 0. The molecule has 0 heterocycles. The summed E-state index contributed by atoms with van der Waals surface area (Å²) >= 11 is 1.64. The minimum absolute atomic E-state index is 0.0937. The van der Waals surface area contributed by atoms with E-state index in [9.17, 15) is 4.79 Å². The van der Waals surface area contributed by atoms with Gasteiger partial charge < -0.3 is 11.1 Å². The molecule has 1 aliphatic rings. The molecule has 104 valence electrons. The number of nitrogens with one attached hydrogen (secondary N) is 1. The van der Waals surface area contributed by atoms with Crippen LogP contribution in [0.15, 0.2) is 29.2 Å². The Balaban J connectivity index is 2.15. The standard InChI is InChI=1S/C15H22N2OS/c1-19-13-8-4-3-7-12(13)17-14(18)15(11-16)9-5-2-6-10-15/h3-4,7-8H,2,5-6,9-11,16H2,1H3,(H,17,18). The van der Waals surface area contributed by atoms with Gasteiger partial charge in [0.2, 0.25) is 5.91 Å². The third-order valence-corrected chi connectivity index (χ3v) is 4.83. The highest BCUT2D eigenvalue weighted by Gasteiger charge is 2.38. The first-order valence-corrected chi connectivity index (χ1v) is 8.09. The fourth-order valence-corrected chi connectivity index (χ4v) is 3.31. The number of carbonyl (C=O) groups is 1. The van der Waals surface area contributed by atoms with Crippen LogP contribution in [0.2, 0.25) is 0 Å². The lowest BCUT2D eigenvalue weighted by Gasteiger charge is -2.34. The van der Waals surface area contributed by atoms with Gasteiger partial charge >= 0.3 is 0 Å². The summed E-state index contributed by atoms with van der Waals surface area (Å²) in [4.78, 5) is 13.7. The Morgan fingerprint density at radius 2 is 2.00 bits per heavy atom. The number of amides is 1. The summed E-state index contributed by atoms with van der Waals surface area (Å²) in [6.07, 6.45) is 7.28. The highest BCUT2D eigenvalue weighted by Crippen LogP contribution is 2.37. The Labute approximate surface area is 119 Å². The van der Waals surface area contributed by atoms with Gasteiger partial charge in [0.25, 0.3) is 0 Å². The van der Waals surface area contributed by atoms with E-state index in [1.165, 1.54) is 6.42 Å². The average molecular weight is 278 g/mol. The summed E-state index contributed by atoms with van der Waals surface area (Å²) < 4.78 is 0. The van der Waals surface area contributed by atoms with Gasteiger partial charge in [0, 0.05) is 11.4 Å². The third-order valence-electron chi connectivity index (χ3n) is 4.04. The van der Waals surface area contributed by atoms with Crippen LogP contribution >= 0.6 is 11.8 Å². The first-order valence-electron chi connectivity index (χ1n) is 6.86. The molecule has 0 aromatic heterocycles. The zero-order valence-corrected chi connectivity index (χ0v) is 12.3. The molecule has 1 aromatic rings. The van der Waals surface area contributed by atoms with Crippen LogP contribution in [0, 0.1) is 5.41 Å². The Hall–Kier alpha value is -1.00. The van der Waals surface area contributed by atoms with Crippen molar-refractivity contribution in [2.24, 2.45) is 11.1 Å². The zero-order valence-electron chi connectivity index (χ0n) is 11.4. The quantitative estimate of drug-likeness (QED) is 0.831. The van der Waals surface area contributed by atoms with Crippen molar-refractivity contribution >= 4 is 23.4 Å². The maximum atomic E-state index is 12.6. The Morgan fingerprint density at radius 1 is 1.32 bits per heavy atom. The molecule has 1 aliphatic carbocycles. The summed E-state index contributed by atoms with van der Waals surface area (Å²) in [6.45, 7) is 0.445. The van der Waals surface area contributed by atoms with Crippen LogP contribution in [0.25, 0.3) is 0 Å². The van der Waals surface area contributed by atoms with Crippen LogP contribution in [-0.2, 0) is 4.79 Å². The normalized spacial score (nSPS) is 18.0. The molecule has 1 fully saturated rings. The highest BCUT2D eigenvalue weighted by atomic mass is 32.2. The molecule has 0 radical (unpaired) electrons. The van der Waals surface area contributed by atoms with Crippen LogP contribution in [-0.4, -0.2) is 18.7 Å². The van der Waals surface area contributed by atoms with Gasteiger partial charge in [-0.05, 0) is 31.2 Å². The summed E-state index contributed by atoms with van der Waals surface area (Å²) in [5.41, 5.74) is 6.44. The van der Waals surface area contributed by atoms with Crippen LogP contribution in [0.3, 0.4) is 0 Å². The number of carbonyl (C=O) groups excluding carboxylic acids is 1. The predicted octanol–water partition coefficient (Wildman–Crippen LogP) is 3.26. The number of hydrogen-bond donors (Lipinski definition) is 2. The van der Waals surface area contributed by atoms with E-state index in [4.69, 9.17) is 5.73 Å². The molecule has 2 rings (SSSR count). The molecule has 3 nitrogen and oxygen atoms in total. The van der Waals surface area contributed by atoms with Gasteiger partial charge in [0.05, 0.1) is 11.1 Å². The van der Waals surface area contributed by atoms with Crippen LogP contribution in [0.5, 0.6) is 0 Å². The first kappa shape index (κ1) is 14.4. The molecule has 0 unspecified atom stereocenters. The number of para-hydroxylation sites is 1. The second-order valence-corrected chi connectivity index (χ2v) is 6.05. The SMILES string of the molecule is CSc1ccccc1NC(=O)C1(CN)CCCCC1. The number of anilines is 1. The molecule has 0 saturated heterocycles. The minimum atomic E-state index is -0.357. The van der Waals surface area contributed by atoms with Crippen LogP contribution in [0.1, 0.15) is 32.1 Å². The van der Waals surface area contributed by atoms with Crippen molar-refractivity contribution in [2.75, 3.05) is 18.1 Å². The molecule has 3 N–H and O–H groups in total. The van der Waals surface area contributed by atoms with Gasteiger partial charge in [-0.15, -0.1) is 11.8 Å². The van der Waals surface area contributed by atoms with E-state index >= 15 is 0 Å². The number of nitrogens with two attached hydrogens (primary N) is 1. The van der Waals surface area contributed by atoms with Crippen molar-refractivity contribution < 1.29 is 4.79 Å². The highest BCUT2D eigenvalue weighted by molar-refractivity contribution is 7.98. The molecule has 0 bridgehead atoms. The fourth-order valence-electron chi connectivity index (χ4n) is 2.76. The molecular formula is C15H22N2OS. The number of thioether (sulfide) groups is 1. The average Bonchev–Trinajstić information content (AvgIpc) is 2.48. The summed E-state index contributed by atoms with van der Waals surface area (Å²) in [6, 6.07) is 7.92. The van der Waals surface area contributed by atoms with Crippen LogP contribution < -0.4 is 11.1 Å². The molecule has 1 amide bonds. The van der Waals surface area contributed by atoms with Crippen molar-refractivity contribution in [3.05, 3.63) is 24.3 Å². The van der Waals surface area contributed by atoms with E-state index in [1.807, 2.05) is 30.5 Å². The molecule has 0 spiro atoms. The number of benzene rings is 1. The van der Waals surface area contributed by atoms with E-state index in [0.717, 1.165) is 36.3 Å². The van der Waals surface area contributed by atoms with E-state index < -0.39 is 0 Å². The molecular weight excluding hydrogens is 256 g/mol. The predicted molar refractivity (Wildman–Crippen MR) is 81.4 cm³/mol. The van der Waals surface area contributed by atoms with E-state index in [0.29, 0.717) is 6.54 Å². The van der Waals surface area contributed by atoms with Gasteiger partial charge in [-0.25, -0.2) is 0 Å². The maximum Gasteiger partial charge on any atom is 0.231 e. The van der Waals surface area contributed by atoms with Crippen molar-refractivity contribution in [1.82, 2.24) is 0 Å². The Morgan fingerprint density at radius 3 is 2.63 bits per heavy atom. The molecule has 1 saturated carbocycles. The van der Waals surface area contributed by atoms with Gasteiger partial charge in [-0.3, -0.25) is 4.79 Å². The molecule has 0 atom stereocenters. The third kappa shape index (κ3) is 3.12. The Bertz CT molecular complexity index is 442. The van der Waals surface area contributed by atoms with Crippen molar-refractivity contribution in [2.45, 2.75) is 37.0 Å². The second-order valence-electron chi connectivity index (χ2n) is 5.20. The lowest BCUT2D eigenvalue weighted by atomic mass is 9.73. The minimum Gasteiger partial charge on any atom is -0.329 e. The lowest BCUT2D eigenvalue weighted by Crippen LogP contribution is -2.43. The molecule has 0 aliphatic heterocycles. The van der Waals surface area contributed by atoms with E-state index in [-0.39, 0.29) is 11.3 Å². The molecule has 4 heteroatoms. The fraction of sp³-hybridized carbons (Fsp3) is 0.533. The largest absolute Gasteiger partial charge is 0.329 e. The monoisotopic (exact) mass is 278 g/mol. The molecule has 19 heavy (non-hydrogen) atoms. The van der Waals surface area contributed by atoms with Gasteiger partial charge in [-0.2, -0.15) is 0 Å². The number of hydrogen-bond acceptors (Lipinski definition) is 3. The zero-order chi connectivity index (χ0) is 13.7. The van der Waals surface area contributed by atoms with Gasteiger partial charge in [-0.1, -0.05) is 31.4 Å². The smallest absolute Gasteiger partial charge is 0.231 e. The van der Waals surface area contributed by atoms with Crippen molar-refractivity contribution in [3.63, 3.8) is 0 Å². The molecule has 1 aromatic carbocycles. The Kier molecular flexibility index (Phi) is 4.88.